The van der Waals surface area contributed by atoms with Gasteiger partial charge in [-0.2, -0.15) is 0 Å². The SMILES string of the molecule is O=C(O)CCCNC(=O)[C@@H]1CCC[C@@H]1CNC(=O)OCC1c2ccccc2-c2ccccc21. The number of benzene rings is 2. The Kier molecular flexibility index (Phi) is 7.27. The average molecular weight is 451 g/mol. The summed E-state index contributed by atoms with van der Waals surface area (Å²) < 4.78 is 5.59. The van der Waals surface area contributed by atoms with Gasteiger partial charge in [0, 0.05) is 31.3 Å². The molecule has 2 aliphatic carbocycles. The van der Waals surface area contributed by atoms with Gasteiger partial charge < -0.3 is 20.5 Å². The van der Waals surface area contributed by atoms with E-state index >= 15 is 0 Å². The van der Waals surface area contributed by atoms with E-state index in [1.165, 1.54) is 22.3 Å². The van der Waals surface area contributed by atoms with Crippen LogP contribution in [0.25, 0.3) is 11.1 Å². The molecular weight excluding hydrogens is 420 g/mol. The fourth-order valence-electron chi connectivity index (χ4n) is 5.07. The fourth-order valence-corrected chi connectivity index (χ4v) is 5.07. The number of fused-ring (bicyclic) bond motifs is 3. The molecule has 2 aromatic rings. The van der Waals surface area contributed by atoms with Gasteiger partial charge in [-0.15, -0.1) is 0 Å². The third-order valence-corrected chi connectivity index (χ3v) is 6.71. The lowest BCUT2D eigenvalue weighted by molar-refractivity contribution is -0.137. The quantitative estimate of drug-likeness (QED) is 0.502. The Morgan fingerprint density at radius 3 is 2.27 bits per heavy atom. The zero-order chi connectivity index (χ0) is 23.2. The van der Waals surface area contributed by atoms with Gasteiger partial charge in [-0.05, 0) is 47.4 Å². The summed E-state index contributed by atoms with van der Waals surface area (Å²) >= 11 is 0. The van der Waals surface area contributed by atoms with Crippen LogP contribution in [-0.2, 0) is 14.3 Å². The molecule has 0 aromatic heterocycles. The second-order valence-corrected chi connectivity index (χ2v) is 8.79. The van der Waals surface area contributed by atoms with E-state index < -0.39 is 12.1 Å². The van der Waals surface area contributed by atoms with Crippen molar-refractivity contribution in [3.8, 4) is 11.1 Å². The molecule has 1 saturated carbocycles. The third-order valence-electron chi connectivity index (χ3n) is 6.71. The lowest BCUT2D eigenvalue weighted by Gasteiger charge is -2.20. The van der Waals surface area contributed by atoms with Gasteiger partial charge in [0.15, 0.2) is 0 Å². The van der Waals surface area contributed by atoms with Gasteiger partial charge in [0.05, 0.1) is 0 Å². The van der Waals surface area contributed by atoms with Gasteiger partial charge in [-0.1, -0.05) is 55.0 Å². The Hall–Kier alpha value is -3.35. The van der Waals surface area contributed by atoms with Crippen LogP contribution in [-0.4, -0.2) is 42.8 Å². The van der Waals surface area contributed by atoms with Crippen LogP contribution in [0.3, 0.4) is 0 Å². The topological polar surface area (TPSA) is 105 Å². The maximum absolute atomic E-state index is 12.5. The second kappa shape index (κ2) is 10.5. The Bertz CT molecular complexity index is 976. The summed E-state index contributed by atoms with van der Waals surface area (Å²) in [5.41, 5.74) is 4.71. The number of hydrogen-bond donors (Lipinski definition) is 3. The van der Waals surface area contributed by atoms with Gasteiger partial charge in [0.1, 0.15) is 6.61 Å². The van der Waals surface area contributed by atoms with Crippen molar-refractivity contribution in [3.63, 3.8) is 0 Å². The summed E-state index contributed by atoms with van der Waals surface area (Å²) in [5, 5.41) is 14.4. The average Bonchev–Trinajstić information content (AvgIpc) is 3.42. The van der Waals surface area contributed by atoms with Crippen LogP contribution in [0.1, 0.15) is 49.1 Å². The Labute approximate surface area is 193 Å². The van der Waals surface area contributed by atoms with Crippen molar-refractivity contribution in [2.75, 3.05) is 19.7 Å². The fraction of sp³-hybridized carbons (Fsp3) is 0.423. The van der Waals surface area contributed by atoms with E-state index in [1.54, 1.807) is 0 Å². The van der Waals surface area contributed by atoms with E-state index in [0.29, 0.717) is 19.5 Å². The highest BCUT2D eigenvalue weighted by molar-refractivity contribution is 5.80. The maximum Gasteiger partial charge on any atom is 0.407 e. The lowest BCUT2D eigenvalue weighted by atomic mass is 9.95. The van der Waals surface area contributed by atoms with Crippen molar-refractivity contribution in [2.45, 2.75) is 38.0 Å². The van der Waals surface area contributed by atoms with E-state index in [-0.39, 0.29) is 36.7 Å². The number of carboxylic acids is 1. The number of carbonyl (C=O) groups is 3. The molecule has 1 fully saturated rings. The highest BCUT2D eigenvalue weighted by atomic mass is 16.5. The molecule has 2 atom stereocenters. The Morgan fingerprint density at radius 1 is 0.939 bits per heavy atom. The Morgan fingerprint density at radius 2 is 1.61 bits per heavy atom. The number of ether oxygens (including phenoxy) is 1. The number of nitrogens with one attached hydrogen (secondary N) is 2. The predicted octanol–water partition coefficient (Wildman–Crippen LogP) is 3.92. The van der Waals surface area contributed by atoms with Gasteiger partial charge in [-0.3, -0.25) is 9.59 Å². The number of aliphatic carboxylic acids is 1. The van der Waals surface area contributed by atoms with Crippen LogP contribution in [0, 0.1) is 11.8 Å². The van der Waals surface area contributed by atoms with Crippen LogP contribution in [0.2, 0.25) is 0 Å². The largest absolute Gasteiger partial charge is 0.481 e. The van der Waals surface area contributed by atoms with E-state index in [0.717, 1.165) is 19.3 Å². The molecule has 2 aromatic carbocycles. The Balaban J connectivity index is 1.26. The van der Waals surface area contributed by atoms with Crippen molar-refractivity contribution in [2.24, 2.45) is 11.8 Å². The molecule has 0 aliphatic heterocycles. The second-order valence-electron chi connectivity index (χ2n) is 8.79. The standard InChI is InChI=1S/C26H30N2O5/c29-24(30)13-6-14-27-25(31)18-12-5-7-17(18)15-28-26(32)33-16-23-21-10-3-1-8-19(21)20-9-2-4-11-22(20)23/h1-4,8-11,17-18,23H,5-7,12-16H2,(H,27,31)(H,28,32)(H,29,30)/t17-,18-/m1/s1. The summed E-state index contributed by atoms with van der Waals surface area (Å²) in [6.45, 7) is 1.01. The van der Waals surface area contributed by atoms with E-state index in [4.69, 9.17) is 9.84 Å². The molecule has 0 saturated heterocycles. The summed E-state index contributed by atoms with van der Waals surface area (Å²) in [6, 6.07) is 16.4. The van der Waals surface area contributed by atoms with E-state index in [1.807, 2.05) is 24.3 Å². The minimum atomic E-state index is -0.865. The van der Waals surface area contributed by atoms with Gasteiger partial charge in [0.25, 0.3) is 0 Å². The first-order valence-corrected chi connectivity index (χ1v) is 11.6. The molecule has 2 amide bonds. The number of carboxylic acid groups (broad SMARTS) is 1. The van der Waals surface area contributed by atoms with E-state index in [2.05, 4.69) is 34.9 Å². The van der Waals surface area contributed by atoms with Crippen molar-refractivity contribution in [3.05, 3.63) is 59.7 Å². The van der Waals surface area contributed by atoms with Gasteiger partial charge in [0.2, 0.25) is 5.91 Å². The highest BCUT2D eigenvalue weighted by Crippen LogP contribution is 2.44. The molecular formula is C26H30N2O5. The lowest BCUT2D eigenvalue weighted by Crippen LogP contribution is -2.38. The van der Waals surface area contributed by atoms with Crippen LogP contribution in [0.4, 0.5) is 4.79 Å². The first kappa shape index (κ1) is 22.8. The predicted molar refractivity (Wildman–Crippen MR) is 124 cm³/mol. The summed E-state index contributed by atoms with van der Waals surface area (Å²) in [7, 11) is 0. The third kappa shape index (κ3) is 5.35. The molecule has 0 spiro atoms. The number of amides is 2. The molecule has 33 heavy (non-hydrogen) atoms. The molecule has 0 radical (unpaired) electrons. The minimum Gasteiger partial charge on any atom is -0.481 e. The molecule has 2 aliphatic rings. The number of rotatable bonds is 9. The van der Waals surface area contributed by atoms with Crippen LogP contribution >= 0.6 is 0 Å². The first-order chi connectivity index (χ1) is 16.0. The summed E-state index contributed by atoms with van der Waals surface area (Å²) in [4.78, 5) is 35.5. The van der Waals surface area contributed by atoms with Gasteiger partial charge >= 0.3 is 12.1 Å². The van der Waals surface area contributed by atoms with Crippen molar-refractivity contribution >= 4 is 18.0 Å². The molecule has 3 N–H and O–H groups in total. The number of alkyl carbamates (subject to hydrolysis) is 1. The zero-order valence-electron chi connectivity index (χ0n) is 18.6. The molecule has 0 unspecified atom stereocenters. The van der Waals surface area contributed by atoms with Gasteiger partial charge in [-0.25, -0.2) is 4.79 Å². The van der Waals surface area contributed by atoms with Crippen LogP contribution in [0.5, 0.6) is 0 Å². The van der Waals surface area contributed by atoms with Crippen molar-refractivity contribution in [1.82, 2.24) is 10.6 Å². The molecule has 7 heteroatoms. The molecule has 174 valence electrons. The molecule has 0 heterocycles. The van der Waals surface area contributed by atoms with Crippen LogP contribution < -0.4 is 10.6 Å². The zero-order valence-corrected chi connectivity index (χ0v) is 18.6. The molecule has 7 nitrogen and oxygen atoms in total. The van der Waals surface area contributed by atoms with Crippen molar-refractivity contribution < 1.29 is 24.2 Å². The monoisotopic (exact) mass is 450 g/mol. The van der Waals surface area contributed by atoms with E-state index in [9.17, 15) is 14.4 Å². The minimum absolute atomic E-state index is 0.0129. The first-order valence-electron chi connectivity index (χ1n) is 11.6. The highest BCUT2D eigenvalue weighted by Gasteiger charge is 2.33. The summed E-state index contributed by atoms with van der Waals surface area (Å²) in [6.07, 6.45) is 2.57. The maximum atomic E-state index is 12.5. The molecule has 0 bridgehead atoms. The smallest absolute Gasteiger partial charge is 0.407 e. The number of hydrogen-bond acceptors (Lipinski definition) is 4. The number of carbonyl (C=O) groups excluding carboxylic acids is 2. The summed E-state index contributed by atoms with van der Waals surface area (Å²) in [5.74, 6) is -1.01. The normalized spacial score (nSPS) is 18.9. The van der Waals surface area contributed by atoms with Crippen molar-refractivity contribution in [1.29, 1.82) is 0 Å². The van der Waals surface area contributed by atoms with Crippen LogP contribution in [0.15, 0.2) is 48.5 Å². The molecule has 4 rings (SSSR count).